The number of piperidine rings is 1. The van der Waals surface area contributed by atoms with Crippen LogP contribution in [0.4, 0.5) is 11.5 Å². The van der Waals surface area contributed by atoms with Crippen LogP contribution in [0.15, 0.2) is 35.5 Å². The molecule has 1 aromatic heterocycles. The van der Waals surface area contributed by atoms with Crippen molar-refractivity contribution >= 4 is 31.4 Å². The van der Waals surface area contributed by atoms with E-state index in [-0.39, 0.29) is 28.7 Å². The summed E-state index contributed by atoms with van der Waals surface area (Å²) in [7, 11) is -6.40. The maximum Gasteiger partial charge on any atom is 0.221 e. The highest BCUT2D eigenvalue weighted by atomic mass is 32.2. The summed E-state index contributed by atoms with van der Waals surface area (Å²) < 4.78 is 58.7. The van der Waals surface area contributed by atoms with Gasteiger partial charge in [-0.3, -0.25) is 0 Å². The minimum atomic E-state index is -3.22. The molecule has 6 rings (SSSR count). The molecule has 35 heavy (non-hydrogen) atoms. The van der Waals surface area contributed by atoms with Crippen molar-refractivity contribution in [1.29, 1.82) is 0 Å². The molecule has 2 saturated heterocycles. The second kappa shape index (κ2) is 8.41. The fourth-order valence-corrected chi connectivity index (χ4v) is 9.35. The van der Waals surface area contributed by atoms with E-state index in [0.29, 0.717) is 29.4 Å². The maximum absolute atomic E-state index is 12.9. The Morgan fingerprint density at radius 1 is 0.886 bits per heavy atom. The van der Waals surface area contributed by atoms with Gasteiger partial charge in [-0.1, -0.05) is 0 Å². The van der Waals surface area contributed by atoms with Crippen LogP contribution in [-0.4, -0.2) is 59.8 Å². The van der Waals surface area contributed by atoms with Crippen LogP contribution in [0.25, 0.3) is 0 Å². The van der Waals surface area contributed by atoms with E-state index in [0.717, 1.165) is 49.8 Å². The molecule has 2 atom stereocenters. The van der Waals surface area contributed by atoms with Gasteiger partial charge in [0, 0.05) is 30.6 Å². The number of nitrogens with zero attached hydrogens (tertiary/aromatic N) is 3. The van der Waals surface area contributed by atoms with Gasteiger partial charge in [0.15, 0.2) is 9.84 Å². The minimum absolute atomic E-state index is 0.00882. The van der Waals surface area contributed by atoms with Crippen molar-refractivity contribution in [3.8, 4) is 5.88 Å². The number of rotatable bonds is 8. The third-order valence-corrected chi connectivity index (χ3v) is 12.4. The number of nitrogens with one attached hydrogen (secondary N) is 1. The molecule has 1 N–H and O–H groups in total. The van der Waals surface area contributed by atoms with Gasteiger partial charge in [0.25, 0.3) is 0 Å². The lowest BCUT2D eigenvalue weighted by molar-refractivity contribution is 0.0910. The monoisotopic (exact) mass is 518 g/mol. The standard InChI is InChI=1S/C24H30N4O5S2/c1-15-23(27-16-2-6-20(7-3-16)34(29,30)21-8-9-21)25-14-26-24(15)33-19-12-17-4-5-18(13-19)28(17)35(31,32)22-10-11-22/h2-3,6-7,14,17-19,21-22H,4-5,8-13H2,1H3,(H,25,26,27). The van der Waals surface area contributed by atoms with Crippen molar-refractivity contribution in [2.45, 2.75) is 91.9 Å². The first-order chi connectivity index (χ1) is 16.7. The maximum atomic E-state index is 12.9. The summed E-state index contributed by atoms with van der Waals surface area (Å²) in [5.74, 6) is 1.07. The Morgan fingerprint density at radius 2 is 1.51 bits per heavy atom. The van der Waals surface area contributed by atoms with Crippen LogP contribution < -0.4 is 10.1 Å². The first kappa shape index (κ1) is 23.2. The second-order valence-electron chi connectivity index (χ2n) is 10.2. The van der Waals surface area contributed by atoms with E-state index in [1.165, 1.54) is 6.33 Å². The summed E-state index contributed by atoms with van der Waals surface area (Å²) >= 11 is 0. The molecule has 1 aromatic carbocycles. The molecular formula is C24H30N4O5S2. The van der Waals surface area contributed by atoms with E-state index >= 15 is 0 Å². The van der Waals surface area contributed by atoms with Crippen molar-refractivity contribution in [2.75, 3.05) is 5.32 Å². The first-order valence-electron chi connectivity index (χ1n) is 12.3. The lowest BCUT2D eigenvalue weighted by atomic mass is 10.0. The van der Waals surface area contributed by atoms with Gasteiger partial charge in [-0.25, -0.2) is 26.8 Å². The molecule has 2 saturated carbocycles. The quantitative estimate of drug-likeness (QED) is 0.565. The topological polar surface area (TPSA) is 119 Å². The molecule has 0 amide bonds. The molecule has 2 aromatic rings. The molecule has 2 bridgehead atoms. The number of hydrogen-bond acceptors (Lipinski definition) is 8. The smallest absolute Gasteiger partial charge is 0.221 e. The van der Waals surface area contributed by atoms with Crippen LogP contribution in [-0.2, 0) is 19.9 Å². The van der Waals surface area contributed by atoms with E-state index in [4.69, 9.17) is 4.74 Å². The molecule has 2 aliphatic carbocycles. The predicted molar refractivity (Wildman–Crippen MR) is 131 cm³/mol. The number of hydrogen-bond donors (Lipinski definition) is 1. The Balaban J connectivity index is 1.14. The zero-order chi connectivity index (χ0) is 24.4. The van der Waals surface area contributed by atoms with Crippen molar-refractivity contribution in [2.24, 2.45) is 0 Å². The predicted octanol–water partition coefficient (Wildman–Crippen LogP) is 3.33. The molecule has 188 valence electrons. The van der Waals surface area contributed by atoms with Crippen molar-refractivity contribution in [3.05, 3.63) is 36.2 Å². The molecule has 11 heteroatoms. The van der Waals surface area contributed by atoms with Crippen molar-refractivity contribution in [3.63, 3.8) is 0 Å². The van der Waals surface area contributed by atoms with E-state index in [9.17, 15) is 16.8 Å². The van der Waals surface area contributed by atoms with Gasteiger partial charge in [-0.2, -0.15) is 4.31 Å². The van der Waals surface area contributed by atoms with Crippen LogP contribution in [0.3, 0.4) is 0 Å². The minimum Gasteiger partial charge on any atom is -0.474 e. The summed E-state index contributed by atoms with van der Waals surface area (Å²) in [6, 6.07) is 6.76. The number of sulfonamides is 1. The molecule has 3 heterocycles. The molecule has 2 unspecified atom stereocenters. The Hall–Kier alpha value is -2.24. The third-order valence-electron chi connectivity index (χ3n) is 7.59. The highest BCUT2D eigenvalue weighted by molar-refractivity contribution is 7.92. The van der Waals surface area contributed by atoms with Crippen molar-refractivity contribution < 1.29 is 21.6 Å². The van der Waals surface area contributed by atoms with Gasteiger partial charge in [-0.15, -0.1) is 0 Å². The Kier molecular flexibility index (Phi) is 5.57. The van der Waals surface area contributed by atoms with Gasteiger partial charge >= 0.3 is 0 Å². The molecule has 9 nitrogen and oxygen atoms in total. The van der Waals surface area contributed by atoms with Gasteiger partial charge in [0.1, 0.15) is 18.2 Å². The third kappa shape index (κ3) is 4.31. The van der Waals surface area contributed by atoms with E-state index in [1.54, 1.807) is 28.6 Å². The lowest BCUT2D eigenvalue weighted by Gasteiger charge is -2.37. The molecular weight excluding hydrogens is 488 g/mol. The number of sulfone groups is 1. The summed E-state index contributed by atoms with van der Waals surface area (Å²) in [5, 5.41) is 2.82. The zero-order valence-electron chi connectivity index (χ0n) is 19.6. The van der Waals surface area contributed by atoms with Crippen LogP contribution >= 0.6 is 0 Å². The zero-order valence-corrected chi connectivity index (χ0v) is 21.3. The van der Waals surface area contributed by atoms with E-state index in [2.05, 4.69) is 15.3 Å². The van der Waals surface area contributed by atoms with Crippen LogP contribution in [0.2, 0.25) is 0 Å². The highest BCUT2D eigenvalue weighted by Gasteiger charge is 2.52. The molecule has 0 radical (unpaired) electrons. The molecule has 2 aliphatic heterocycles. The average Bonchev–Trinajstić information content (AvgIpc) is 3.73. The van der Waals surface area contributed by atoms with Crippen LogP contribution in [0.5, 0.6) is 5.88 Å². The molecule has 0 spiro atoms. The number of aromatic nitrogens is 2. The Bertz CT molecular complexity index is 1320. The Labute approximate surface area is 206 Å². The SMILES string of the molecule is Cc1c(Nc2ccc(S(=O)(=O)C3CC3)cc2)ncnc1OC1CC2CCC(C1)N2S(=O)(=O)C1CC1. The number of anilines is 2. The molecule has 4 fully saturated rings. The fourth-order valence-electron chi connectivity index (χ4n) is 5.41. The van der Waals surface area contributed by atoms with Crippen LogP contribution in [0.1, 0.15) is 56.9 Å². The molecule has 4 aliphatic rings. The summed E-state index contributed by atoms with van der Waals surface area (Å²) in [6.45, 7) is 1.88. The normalized spacial score (nSPS) is 27.1. The summed E-state index contributed by atoms with van der Waals surface area (Å²) in [4.78, 5) is 9.03. The van der Waals surface area contributed by atoms with E-state index in [1.807, 2.05) is 6.92 Å². The van der Waals surface area contributed by atoms with E-state index < -0.39 is 19.9 Å². The number of ether oxygens (including phenoxy) is 1. The summed E-state index contributed by atoms with van der Waals surface area (Å²) in [6.07, 6.45) is 7.52. The van der Waals surface area contributed by atoms with Gasteiger partial charge in [-0.05, 0) is 69.7 Å². The second-order valence-corrected chi connectivity index (χ2v) is 14.6. The van der Waals surface area contributed by atoms with Crippen molar-refractivity contribution in [1.82, 2.24) is 14.3 Å². The van der Waals surface area contributed by atoms with Crippen LogP contribution in [0, 0.1) is 6.92 Å². The largest absolute Gasteiger partial charge is 0.474 e. The first-order valence-corrected chi connectivity index (χ1v) is 15.4. The average molecular weight is 519 g/mol. The Morgan fingerprint density at radius 3 is 2.11 bits per heavy atom. The highest BCUT2D eigenvalue weighted by Crippen LogP contribution is 2.44. The fraction of sp³-hybridized carbons (Fsp3) is 0.583. The van der Waals surface area contributed by atoms with Gasteiger partial charge < -0.3 is 10.1 Å². The number of fused-ring (bicyclic) bond motifs is 2. The summed E-state index contributed by atoms with van der Waals surface area (Å²) in [5.41, 5.74) is 1.48. The van der Waals surface area contributed by atoms with Gasteiger partial charge in [0.05, 0.1) is 21.0 Å². The lowest BCUT2D eigenvalue weighted by Crippen LogP contribution is -2.50. The van der Waals surface area contributed by atoms with Gasteiger partial charge in [0.2, 0.25) is 15.9 Å². The number of benzene rings is 1.